The second-order valence-electron chi connectivity index (χ2n) is 6.25. The van der Waals surface area contributed by atoms with Crippen molar-refractivity contribution in [2.75, 3.05) is 26.9 Å². The molecule has 0 aliphatic rings. The van der Waals surface area contributed by atoms with Crippen molar-refractivity contribution in [2.24, 2.45) is 0 Å². The van der Waals surface area contributed by atoms with E-state index in [1.54, 1.807) is 6.92 Å². The molecule has 168 valence electrons. The molecule has 1 unspecified atom stereocenters. The Bertz CT molecular complexity index is 1020. The Labute approximate surface area is 179 Å². The molecule has 0 heterocycles. The number of carbonyl (C=O) groups is 2. The van der Waals surface area contributed by atoms with Crippen LogP contribution in [0.15, 0.2) is 47.4 Å². The number of methoxy groups -OCH3 is 1. The van der Waals surface area contributed by atoms with Crippen LogP contribution in [0.2, 0.25) is 0 Å². The summed E-state index contributed by atoms with van der Waals surface area (Å²) in [4.78, 5) is 23.1. The molecule has 0 bridgehead atoms. The van der Waals surface area contributed by atoms with Crippen LogP contribution in [-0.2, 0) is 14.8 Å². The first-order valence-corrected chi connectivity index (χ1v) is 10.6. The van der Waals surface area contributed by atoms with Gasteiger partial charge in [0.2, 0.25) is 0 Å². The van der Waals surface area contributed by atoms with Crippen LogP contribution in [0.25, 0.3) is 0 Å². The fraction of sp³-hybridized carbons (Fsp3) is 0.300. The van der Waals surface area contributed by atoms with Gasteiger partial charge < -0.3 is 24.4 Å². The zero-order valence-corrected chi connectivity index (χ0v) is 17.7. The lowest BCUT2D eigenvalue weighted by Crippen LogP contribution is -2.30. The van der Waals surface area contributed by atoms with Gasteiger partial charge in [-0.05, 0) is 49.4 Å². The largest absolute Gasteiger partial charge is 0.493 e. The number of carbonyl (C=O) groups excluding carboxylic acids is 1. The number of benzene rings is 2. The first-order chi connectivity index (χ1) is 14.7. The number of sulfonamides is 1. The number of hydrogen-bond acceptors (Lipinski definition) is 8. The van der Waals surface area contributed by atoms with Gasteiger partial charge in [-0.3, -0.25) is 4.79 Å². The van der Waals surface area contributed by atoms with E-state index in [-0.39, 0.29) is 40.7 Å². The van der Waals surface area contributed by atoms with Crippen LogP contribution >= 0.6 is 0 Å². The van der Waals surface area contributed by atoms with Gasteiger partial charge in [-0.2, -0.15) is 0 Å². The summed E-state index contributed by atoms with van der Waals surface area (Å²) >= 11 is 0. The van der Waals surface area contributed by atoms with Crippen LogP contribution in [0.3, 0.4) is 0 Å². The van der Waals surface area contributed by atoms with Gasteiger partial charge in [0.05, 0.1) is 24.2 Å². The van der Waals surface area contributed by atoms with Crippen molar-refractivity contribution in [2.45, 2.75) is 17.9 Å². The van der Waals surface area contributed by atoms with Crippen LogP contribution in [0.1, 0.15) is 27.6 Å². The molecule has 2 aromatic carbocycles. The third-order valence-corrected chi connectivity index (χ3v) is 5.36. The van der Waals surface area contributed by atoms with E-state index in [0.29, 0.717) is 6.61 Å². The maximum atomic E-state index is 12.5. The number of aliphatic hydroxyl groups excluding tert-OH is 1. The Morgan fingerprint density at radius 2 is 1.68 bits per heavy atom. The third kappa shape index (κ3) is 6.67. The van der Waals surface area contributed by atoms with Gasteiger partial charge in [0.15, 0.2) is 11.5 Å². The van der Waals surface area contributed by atoms with Crippen molar-refractivity contribution in [3.05, 3.63) is 53.6 Å². The highest BCUT2D eigenvalue weighted by Gasteiger charge is 2.21. The molecule has 1 atom stereocenters. The summed E-state index contributed by atoms with van der Waals surface area (Å²) in [7, 11) is -2.84. The number of amides is 1. The predicted molar refractivity (Wildman–Crippen MR) is 109 cm³/mol. The van der Waals surface area contributed by atoms with Crippen molar-refractivity contribution in [3.63, 3.8) is 0 Å². The zero-order chi connectivity index (χ0) is 23.0. The lowest BCUT2D eigenvalue weighted by atomic mass is 10.2. The average molecular weight is 453 g/mol. The zero-order valence-electron chi connectivity index (χ0n) is 16.9. The van der Waals surface area contributed by atoms with Gasteiger partial charge in [0, 0.05) is 12.2 Å². The highest BCUT2D eigenvalue weighted by Crippen LogP contribution is 2.28. The summed E-state index contributed by atoms with van der Waals surface area (Å²) < 4.78 is 42.5. The second kappa shape index (κ2) is 10.8. The number of carboxylic acids is 1. The molecule has 0 radical (unpaired) electrons. The van der Waals surface area contributed by atoms with E-state index < -0.39 is 28.0 Å². The summed E-state index contributed by atoms with van der Waals surface area (Å²) in [6, 6.07) is 8.46. The van der Waals surface area contributed by atoms with Crippen LogP contribution in [0.5, 0.6) is 11.5 Å². The van der Waals surface area contributed by atoms with Crippen LogP contribution in [-0.4, -0.2) is 63.5 Å². The molecule has 0 aliphatic heterocycles. The number of aromatic carboxylic acids is 1. The van der Waals surface area contributed by atoms with Gasteiger partial charge in [-0.25, -0.2) is 17.9 Å². The molecular weight excluding hydrogens is 430 g/mol. The van der Waals surface area contributed by atoms with Crippen LogP contribution < -0.4 is 14.2 Å². The smallest absolute Gasteiger partial charge is 0.335 e. The van der Waals surface area contributed by atoms with Crippen LogP contribution in [0.4, 0.5) is 0 Å². The Kier molecular flexibility index (Phi) is 8.37. The van der Waals surface area contributed by atoms with E-state index in [4.69, 9.17) is 19.3 Å². The van der Waals surface area contributed by atoms with Crippen molar-refractivity contribution in [1.82, 2.24) is 4.72 Å². The molecule has 2 aromatic rings. The topological polar surface area (TPSA) is 148 Å². The number of carboxylic acid groups (broad SMARTS) is 1. The first-order valence-electron chi connectivity index (χ1n) is 9.15. The fourth-order valence-corrected chi connectivity index (χ4v) is 3.41. The minimum Gasteiger partial charge on any atom is -0.493 e. The van der Waals surface area contributed by atoms with E-state index >= 15 is 0 Å². The molecular formula is C20H23NO9S. The molecule has 0 aliphatic carbocycles. The van der Waals surface area contributed by atoms with Crippen molar-refractivity contribution in [3.8, 4) is 11.5 Å². The van der Waals surface area contributed by atoms with Gasteiger partial charge >= 0.3 is 5.97 Å². The van der Waals surface area contributed by atoms with Gasteiger partial charge in [0.1, 0.15) is 12.7 Å². The molecule has 2 rings (SSSR count). The molecule has 11 heteroatoms. The summed E-state index contributed by atoms with van der Waals surface area (Å²) in [5, 5.41) is 18.7. The van der Waals surface area contributed by atoms with E-state index in [1.165, 1.54) is 25.3 Å². The number of nitrogens with one attached hydrogen (secondary N) is 1. The van der Waals surface area contributed by atoms with E-state index in [9.17, 15) is 23.1 Å². The Morgan fingerprint density at radius 3 is 2.26 bits per heavy atom. The highest BCUT2D eigenvalue weighted by molar-refractivity contribution is 7.90. The first kappa shape index (κ1) is 24.1. The summed E-state index contributed by atoms with van der Waals surface area (Å²) in [5.41, 5.74) is -0.116. The average Bonchev–Trinajstić information content (AvgIpc) is 2.75. The molecule has 10 nitrogen and oxygen atoms in total. The van der Waals surface area contributed by atoms with Gasteiger partial charge in [-0.15, -0.1) is 0 Å². The van der Waals surface area contributed by atoms with Crippen molar-refractivity contribution < 1.29 is 42.4 Å². The summed E-state index contributed by atoms with van der Waals surface area (Å²) in [6.07, 6.45) is -0.906. The van der Waals surface area contributed by atoms with Gasteiger partial charge in [-0.1, -0.05) is 0 Å². The third-order valence-electron chi connectivity index (χ3n) is 4.01. The molecule has 31 heavy (non-hydrogen) atoms. The van der Waals surface area contributed by atoms with E-state index in [1.807, 2.05) is 4.72 Å². The standard InChI is InChI=1S/C20H23NO9S/c1-3-29-11-15(22)12-30-18-10-14(6-9-17(18)28-2)19(23)21-31(26,27)16-7-4-13(5-8-16)20(24)25/h4-10,15,22H,3,11-12H2,1-2H3,(H,21,23)(H,24,25). The molecule has 0 saturated carbocycles. The lowest BCUT2D eigenvalue weighted by molar-refractivity contribution is 0.0159. The minimum atomic E-state index is -4.24. The molecule has 0 aromatic heterocycles. The lowest BCUT2D eigenvalue weighted by Gasteiger charge is -2.15. The van der Waals surface area contributed by atoms with Gasteiger partial charge in [0.25, 0.3) is 15.9 Å². The van der Waals surface area contributed by atoms with Crippen molar-refractivity contribution >= 4 is 21.9 Å². The summed E-state index contributed by atoms with van der Waals surface area (Å²) in [6.45, 7) is 2.16. The number of rotatable bonds is 11. The normalized spacial score (nSPS) is 12.1. The SMILES string of the molecule is CCOCC(O)COc1cc(C(=O)NS(=O)(=O)c2ccc(C(=O)O)cc2)ccc1OC. The molecule has 1 amide bonds. The fourth-order valence-electron chi connectivity index (χ4n) is 2.44. The predicted octanol–water partition coefficient (Wildman–Crippen LogP) is 1.29. The van der Waals surface area contributed by atoms with Crippen molar-refractivity contribution in [1.29, 1.82) is 0 Å². The monoisotopic (exact) mass is 453 g/mol. The number of ether oxygens (including phenoxy) is 3. The Hall–Kier alpha value is -3.15. The number of hydrogen-bond donors (Lipinski definition) is 3. The molecule has 0 saturated heterocycles. The Morgan fingerprint density at radius 1 is 1.03 bits per heavy atom. The van der Waals surface area contributed by atoms with Crippen LogP contribution in [0, 0.1) is 0 Å². The number of aliphatic hydroxyl groups is 1. The minimum absolute atomic E-state index is 0.0270. The second-order valence-corrected chi connectivity index (χ2v) is 7.94. The van der Waals surface area contributed by atoms with E-state index in [2.05, 4.69) is 0 Å². The van der Waals surface area contributed by atoms with E-state index in [0.717, 1.165) is 24.3 Å². The maximum absolute atomic E-state index is 12.5. The Balaban J connectivity index is 2.15. The molecule has 0 spiro atoms. The maximum Gasteiger partial charge on any atom is 0.335 e. The molecule has 0 fully saturated rings. The highest BCUT2D eigenvalue weighted by atomic mass is 32.2. The molecule has 3 N–H and O–H groups in total. The summed E-state index contributed by atoms with van der Waals surface area (Å²) in [5.74, 6) is -1.71. The quantitative estimate of drug-likeness (QED) is 0.457.